The van der Waals surface area contributed by atoms with Gasteiger partial charge in [0.2, 0.25) is 0 Å². The van der Waals surface area contributed by atoms with E-state index in [1.54, 1.807) is 14.2 Å². The molecule has 0 aromatic heterocycles. The molecular formula is C19H34IN3O3. The van der Waals surface area contributed by atoms with Crippen LogP contribution in [0, 0.1) is 0 Å². The fourth-order valence-corrected chi connectivity index (χ4v) is 2.28. The first-order valence-corrected chi connectivity index (χ1v) is 8.95. The topological polar surface area (TPSA) is 64.1 Å². The number of benzene rings is 1. The fourth-order valence-electron chi connectivity index (χ4n) is 2.28. The molecule has 0 heterocycles. The van der Waals surface area contributed by atoms with Gasteiger partial charge >= 0.3 is 0 Å². The van der Waals surface area contributed by atoms with Gasteiger partial charge < -0.3 is 24.8 Å². The minimum atomic E-state index is 0. The van der Waals surface area contributed by atoms with Crippen molar-refractivity contribution in [2.45, 2.75) is 39.7 Å². The van der Waals surface area contributed by atoms with E-state index in [-0.39, 0.29) is 30.1 Å². The average molecular weight is 479 g/mol. The highest BCUT2D eigenvalue weighted by molar-refractivity contribution is 14.0. The van der Waals surface area contributed by atoms with Gasteiger partial charge in [-0.1, -0.05) is 6.07 Å². The first kappa shape index (κ1) is 24.8. The molecule has 26 heavy (non-hydrogen) atoms. The van der Waals surface area contributed by atoms with Gasteiger partial charge in [0.25, 0.3) is 0 Å². The van der Waals surface area contributed by atoms with Crippen LogP contribution in [-0.2, 0) is 11.2 Å². The van der Waals surface area contributed by atoms with Crippen molar-refractivity contribution >= 4 is 29.9 Å². The smallest absolute Gasteiger partial charge is 0.191 e. The molecule has 1 rings (SSSR count). The first-order chi connectivity index (χ1) is 12.1. The van der Waals surface area contributed by atoms with Crippen molar-refractivity contribution in [1.29, 1.82) is 0 Å². The van der Waals surface area contributed by atoms with Crippen LogP contribution in [0.15, 0.2) is 23.2 Å². The fraction of sp³-hybridized carbons (Fsp3) is 0.632. The summed E-state index contributed by atoms with van der Waals surface area (Å²) in [6.45, 7) is 9.28. The average Bonchev–Trinajstić information content (AvgIpc) is 2.60. The summed E-state index contributed by atoms with van der Waals surface area (Å²) in [4.78, 5) is 4.57. The molecule has 0 atom stereocenters. The summed E-state index contributed by atoms with van der Waals surface area (Å²) in [6, 6.07) is 5.99. The van der Waals surface area contributed by atoms with E-state index in [2.05, 4.69) is 28.6 Å². The Kier molecular flexibility index (Phi) is 14.2. The molecule has 7 heteroatoms. The predicted molar refractivity (Wildman–Crippen MR) is 118 cm³/mol. The molecule has 0 radical (unpaired) electrons. The van der Waals surface area contributed by atoms with E-state index >= 15 is 0 Å². The summed E-state index contributed by atoms with van der Waals surface area (Å²) < 4.78 is 16.1. The van der Waals surface area contributed by atoms with Gasteiger partial charge in [0, 0.05) is 26.2 Å². The molecule has 0 spiro atoms. The number of nitrogens with zero attached hydrogens (tertiary/aromatic N) is 1. The molecule has 1 aromatic carbocycles. The molecule has 0 amide bonds. The highest BCUT2D eigenvalue weighted by atomic mass is 127. The number of nitrogens with one attached hydrogen (secondary N) is 2. The van der Waals surface area contributed by atoms with E-state index < -0.39 is 0 Å². The number of guanidine groups is 1. The maximum atomic E-state index is 5.53. The minimum absolute atomic E-state index is 0. The molecule has 0 saturated heterocycles. The van der Waals surface area contributed by atoms with E-state index in [0.717, 1.165) is 56.5 Å². The maximum Gasteiger partial charge on any atom is 0.191 e. The van der Waals surface area contributed by atoms with E-state index in [1.807, 2.05) is 26.0 Å². The van der Waals surface area contributed by atoms with Gasteiger partial charge in [0.1, 0.15) is 0 Å². The second-order valence-corrected chi connectivity index (χ2v) is 5.90. The summed E-state index contributed by atoms with van der Waals surface area (Å²) in [6.07, 6.45) is 2.07. The van der Waals surface area contributed by atoms with Gasteiger partial charge in [0.05, 0.1) is 20.3 Å². The van der Waals surface area contributed by atoms with E-state index in [1.165, 1.54) is 5.56 Å². The number of halogens is 1. The summed E-state index contributed by atoms with van der Waals surface area (Å²) >= 11 is 0. The van der Waals surface area contributed by atoms with Crippen LogP contribution in [0.25, 0.3) is 0 Å². The van der Waals surface area contributed by atoms with Crippen molar-refractivity contribution in [3.63, 3.8) is 0 Å². The van der Waals surface area contributed by atoms with Crippen LogP contribution in [-0.4, -0.2) is 52.5 Å². The lowest BCUT2D eigenvalue weighted by molar-refractivity contribution is 0.0782. The second kappa shape index (κ2) is 14.9. The largest absolute Gasteiger partial charge is 0.493 e. The third kappa shape index (κ3) is 10.1. The lowest BCUT2D eigenvalue weighted by Gasteiger charge is -2.13. The zero-order valence-electron chi connectivity index (χ0n) is 16.6. The van der Waals surface area contributed by atoms with Gasteiger partial charge in [0.15, 0.2) is 17.5 Å². The van der Waals surface area contributed by atoms with Gasteiger partial charge in [-0.15, -0.1) is 24.0 Å². The zero-order valence-corrected chi connectivity index (χ0v) is 19.0. The molecule has 0 aliphatic rings. The molecule has 2 N–H and O–H groups in total. The summed E-state index contributed by atoms with van der Waals surface area (Å²) in [5.74, 6) is 2.34. The number of methoxy groups -OCH3 is 2. The Bertz CT molecular complexity index is 525. The number of rotatable bonds is 11. The van der Waals surface area contributed by atoms with Crippen LogP contribution in [0.1, 0.15) is 32.8 Å². The van der Waals surface area contributed by atoms with E-state index in [0.29, 0.717) is 0 Å². The van der Waals surface area contributed by atoms with Crippen LogP contribution >= 0.6 is 24.0 Å². The number of hydrogen-bond donors (Lipinski definition) is 2. The molecule has 1 aromatic rings. The van der Waals surface area contributed by atoms with Crippen molar-refractivity contribution in [3.8, 4) is 11.5 Å². The molecule has 0 aliphatic carbocycles. The normalized spacial score (nSPS) is 11.1. The predicted octanol–water partition coefficient (Wildman–Crippen LogP) is 3.23. The summed E-state index contributed by atoms with van der Waals surface area (Å²) in [5.41, 5.74) is 1.19. The Morgan fingerprint density at radius 2 is 1.85 bits per heavy atom. The SMILES string of the molecule is CCNC(=NCCCOC(C)C)NCCc1ccc(OC)c(OC)c1.I. The van der Waals surface area contributed by atoms with Crippen molar-refractivity contribution in [2.75, 3.05) is 40.5 Å². The van der Waals surface area contributed by atoms with Crippen molar-refractivity contribution in [3.05, 3.63) is 23.8 Å². The van der Waals surface area contributed by atoms with Crippen LogP contribution in [0.2, 0.25) is 0 Å². The Labute approximate surface area is 175 Å². The number of aliphatic imine (C=N–C) groups is 1. The van der Waals surface area contributed by atoms with E-state index in [9.17, 15) is 0 Å². The summed E-state index contributed by atoms with van der Waals surface area (Å²) in [7, 11) is 3.29. The molecule has 0 fully saturated rings. The third-order valence-corrected chi connectivity index (χ3v) is 3.52. The van der Waals surface area contributed by atoms with Gasteiger partial charge in [-0.3, -0.25) is 4.99 Å². The Morgan fingerprint density at radius 1 is 1.12 bits per heavy atom. The standard InChI is InChI=1S/C19H33N3O3.HI/c1-6-20-19(21-11-7-13-25-15(2)3)22-12-10-16-8-9-17(23-4)18(14-16)24-5;/h8-9,14-15H,6-7,10-13H2,1-5H3,(H2,20,21,22);1H. The second-order valence-electron chi connectivity index (χ2n) is 5.90. The van der Waals surface area contributed by atoms with Gasteiger partial charge in [-0.2, -0.15) is 0 Å². The van der Waals surface area contributed by atoms with Crippen LogP contribution in [0.5, 0.6) is 11.5 Å². The molecule has 0 unspecified atom stereocenters. The Balaban J connectivity index is 0.00000625. The minimum Gasteiger partial charge on any atom is -0.493 e. The van der Waals surface area contributed by atoms with Crippen molar-refractivity contribution in [1.82, 2.24) is 10.6 Å². The molecule has 0 aliphatic heterocycles. The van der Waals surface area contributed by atoms with Crippen LogP contribution in [0.3, 0.4) is 0 Å². The Morgan fingerprint density at radius 3 is 2.46 bits per heavy atom. The van der Waals surface area contributed by atoms with E-state index in [4.69, 9.17) is 14.2 Å². The maximum absolute atomic E-state index is 5.53. The highest BCUT2D eigenvalue weighted by Gasteiger charge is 2.05. The summed E-state index contributed by atoms with van der Waals surface area (Å²) in [5, 5.41) is 6.62. The van der Waals surface area contributed by atoms with Crippen LogP contribution in [0.4, 0.5) is 0 Å². The molecule has 150 valence electrons. The van der Waals surface area contributed by atoms with Gasteiger partial charge in [-0.25, -0.2) is 0 Å². The van der Waals surface area contributed by atoms with Crippen LogP contribution < -0.4 is 20.1 Å². The number of ether oxygens (including phenoxy) is 3. The quantitative estimate of drug-likeness (QED) is 0.221. The Hall–Kier alpha value is -1.22. The van der Waals surface area contributed by atoms with Gasteiger partial charge in [-0.05, 0) is 51.3 Å². The molecule has 0 saturated carbocycles. The molecule has 0 bridgehead atoms. The molecular weight excluding hydrogens is 445 g/mol. The lowest BCUT2D eigenvalue weighted by Crippen LogP contribution is -2.38. The highest BCUT2D eigenvalue weighted by Crippen LogP contribution is 2.27. The third-order valence-electron chi connectivity index (χ3n) is 3.52. The number of hydrogen-bond acceptors (Lipinski definition) is 4. The first-order valence-electron chi connectivity index (χ1n) is 8.95. The monoisotopic (exact) mass is 479 g/mol. The molecule has 6 nitrogen and oxygen atoms in total. The zero-order chi connectivity index (χ0) is 18.5. The lowest BCUT2D eigenvalue weighted by atomic mass is 10.1. The van der Waals surface area contributed by atoms with Crippen molar-refractivity contribution < 1.29 is 14.2 Å². The van der Waals surface area contributed by atoms with Crippen molar-refractivity contribution in [2.24, 2.45) is 4.99 Å².